The minimum absolute atomic E-state index is 0.158. The summed E-state index contributed by atoms with van der Waals surface area (Å²) in [5.74, 6) is -1.41. The van der Waals surface area contributed by atoms with Gasteiger partial charge in [0.1, 0.15) is 11.6 Å². The van der Waals surface area contributed by atoms with E-state index in [9.17, 15) is 14.3 Å². The third-order valence-corrected chi connectivity index (χ3v) is 3.26. The van der Waals surface area contributed by atoms with Gasteiger partial charge >= 0.3 is 0 Å². The van der Waals surface area contributed by atoms with Crippen molar-refractivity contribution in [2.24, 2.45) is 0 Å². The molecule has 0 aliphatic heterocycles. The van der Waals surface area contributed by atoms with Gasteiger partial charge in [0, 0.05) is 24.4 Å². The fraction of sp³-hybridized carbons (Fsp3) is 0.250. The fourth-order valence-corrected chi connectivity index (χ4v) is 2.12. The van der Waals surface area contributed by atoms with Crippen molar-refractivity contribution in [1.29, 1.82) is 0 Å². The molecular formula is C16H16FNO2. The number of hydrogen-bond acceptors (Lipinski definition) is 3. The maximum Gasteiger partial charge on any atom is 0.143 e. The van der Waals surface area contributed by atoms with Crippen LogP contribution in [0.2, 0.25) is 0 Å². The quantitative estimate of drug-likeness (QED) is 0.879. The normalized spacial score (nSPS) is 12.1. The number of hydrogen-bond donors (Lipinski definition) is 1. The molecule has 0 aliphatic carbocycles. The highest BCUT2D eigenvalue weighted by molar-refractivity contribution is 5.86. The molecule has 0 unspecified atom stereocenters. The van der Waals surface area contributed by atoms with Gasteiger partial charge in [-0.05, 0) is 30.2 Å². The third kappa shape index (κ3) is 3.48. The van der Waals surface area contributed by atoms with Crippen LogP contribution in [-0.2, 0) is 11.2 Å². The molecule has 4 heteroatoms. The number of aliphatic hydroxyl groups is 1. The Labute approximate surface area is 117 Å². The molecule has 1 atom stereocenters. The summed E-state index contributed by atoms with van der Waals surface area (Å²) < 4.78 is 13.7. The van der Waals surface area contributed by atoms with Gasteiger partial charge < -0.3 is 5.11 Å². The van der Waals surface area contributed by atoms with Gasteiger partial charge in [0.25, 0.3) is 0 Å². The molecule has 0 radical (unpaired) electrons. The van der Waals surface area contributed by atoms with Gasteiger partial charge in [-0.15, -0.1) is 0 Å². The molecule has 0 amide bonds. The van der Waals surface area contributed by atoms with Crippen molar-refractivity contribution < 1.29 is 14.3 Å². The Kier molecular flexibility index (Phi) is 4.96. The second-order valence-electron chi connectivity index (χ2n) is 4.58. The lowest BCUT2D eigenvalue weighted by molar-refractivity contribution is -0.121. The maximum atomic E-state index is 13.7. The van der Waals surface area contributed by atoms with Crippen LogP contribution in [0.15, 0.2) is 48.8 Å². The van der Waals surface area contributed by atoms with Crippen LogP contribution < -0.4 is 0 Å². The zero-order valence-corrected chi connectivity index (χ0v) is 11.0. The van der Waals surface area contributed by atoms with Crippen LogP contribution >= 0.6 is 0 Å². The largest absolute Gasteiger partial charge is 0.395 e. The molecule has 0 bridgehead atoms. The molecule has 0 aliphatic rings. The Balaban J connectivity index is 2.05. The van der Waals surface area contributed by atoms with Crippen molar-refractivity contribution in [2.75, 3.05) is 6.61 Å². The molecule has 1 heterocycles. The average Bonchev–Trinajstić information content (AvgIpc) is 2.49. The molecule has 1 aromatic heterocycles. The van der Waals surface area contributed by atoms with Crippen LogP contribution in [0.25, 0.3) is 0 Å². The Morgan fingerprint density at radius 2 is 1.90 bits per heavy atom. The van der Waals surface area contributed by atoms with Crippen molar-refractivity contribution in [2.45, 2.75) is 18.8 Å². The molecule has 2 rings (SSSR count). The van der Waals surface area contributed by atoms with Crippen molar-refractivity contribution in [1.82, 2.24) is 4.98 Å². The summed E-state index contributed by atoms with van der Waals surface area (Å²) in [6, 6.07) is 9.75. The van der Waals surface area contributed by atoms with Gasteiger partial charge in [-0.25, -0.2) is 4.39 Å². The average molecular weight is 273 g/mol. The SMILES string of the molecule is O=C(CCc1ccncc1)[C@H](CO)c1ccccc1F. The summed E-state index contributed by atoms with van der Waals surface area (Å²) >= 11 is 0. The smallest absolute Gasteiger partial charge is 0.143 e. The number of aliphatic hydroxyl groups excluding tert-OH is 1. The number of carbonyl (C=O) groups is 1. The topological polar surface area (TPSA) is 50.2 Å². The Bertz CT molecular complexity index is 572. The van der Waals surface area contributed by atoms with Crippen LogP contribution in [0.5, 0.6) is 0 Å². The second kappa shape index (κ2) is 6.91. The number of halogens is 1. The molecule has 1 N–H and O–H groups in total. The first-order valence-corrected chi connectivity index (χ1v) is 6.49. The van der Waals surface area contributed by atoms with E-state index in [2.05, 4.69) is 4.98 Å². The highest BCUT2D eigenvalue weighted by atomic mass is 19.1. The van der Waals surface area contributed by atoms with E-state index in [4.69, 9.17) is 0 Å². The molecule has 20 heavy (non-hydrogen) atoms. The minimum Gasteiger partial charge on any atom is -0.395 e. The number of aryl methyl sites for hydroxylation is 1. The summed E-state index contributed by atoms with van der Waals surface area (Å²) in [5.41, 5.74) is 1.26. The predicted molar refractivity (Wildman–Crippen MR) is 73.8 cm³/mol. The first kappa shape index (κ1) is 14.3. The highest BCUT2D eigenvalue weighted by Crippen LogP contribution is 2.21. The van der Waals surface area contributed by atoms with Gasteiger partial charge in [-0.3, -0.25) is 9.78 Å². The van der Waals surface area contributed by atoms with Gasteiger partial charge in [0.2, 0.25) is 0 Å². The van der Waals surface area contributed by atoms with Gasteiger partial charge in [-0.1, -0.05) is 18.2 Å². The fourth-order valence-electron chi connectivity index (χ4n) is 2.12. The molecular weight excluding hydrogens is 257 g/mol. The number of carbonyl (C=O) groups excluding carboxylic acids is 1. The highest BCUT2D eigenvalue weighted by Gasteiger charge is 2.22. The van der Waals surface area contributed by atoms with Gasteiger partial charge in [0.15, 0.2) is 0 Å². The van der Waals surface area contributed by atoms with E-state index in [1.54, 1.807) is 30.6 Å². The zero-order chi connectivity index (χ0) is 14.4. The lowest BCUT2D eigenvalue weighted by Crippen LogP contribution is -2.18. The van der Waals surface area contributed by atoms with E-state index in [0.717, 1.165) is 5.56 Å². The summed E-state index contributed by atoms with van der Waals surface area (Å²) in [7, 11) is 0. The summed E-state index contributed by atoms with van der Waals surface area (Å²) in [5, 5.41) is 9.37. The van der Waals surface area contributed by atoms with Crippen molar-refractivity contribution in [3.8, 4) is 0 Å². The molecule has 104 valence electrons. The number of rotatable bonds is 6. The van der Waals surface area contributed by atoms with E-state index in [0.29, 0.717) is 6.42 Å². The molecule has 0 saturated carbocycles. The number of pyridine rings is 1. The monoisotopic (exact) mass is 273 g/mol. The second-order valence-corrected chi connectivity index (χ2v) is 4.58. The molecule has 3 nitrogen and oxygen atoms in total. The minimum atomic E-state index is -0.793. The van der Waals surface area contributed by atoms with E-state index in [-0.39, 0.29) is 24.4 Å². The molecule has 0 spiro atoms. The Morgan fingerprint density at radius 3 is 2.55 bits per heavy atom. The van der Waals surface area contributed by atoms with Gasteiger partial charge in [-0.2, -0.15) is 0 Å². The van der Waals surface area contributed by atoms with Crippen molar-refractivity contribution in [3.05, 3.63) is 65.7 Å². The number of aromatic nitrogens is 1. The number of benzene rings is 1. The Hall–Kier alpha value is -2.07. The predicted octanol–water partition coefficient (Wildman–Crippen LogP) is 2.50. The maximum absolute atomic E-state index is 13.7. The van der Waals surface area contributed by atoms with Crippen molar-refractivity contribution >= 4 is 5.78 Å². The molecule has 0 saturated heterocycles. The van der Waals surface area contributed by atoms with E-state index >= 15 is 0 Å². The zero-order valence-electron chi connectivity index (χ0n) is 11.0. The number of ketones is 1. The van der Waals surface area contributed by atoms with Crippen LogP contribution in [0.4, 0.5) is 4.39 Å². The lowest BCUT2D eigenvalue weighted by atomic mass is 9.91. The van der Waals surface area contributed by atoms with Crippen LogP contribution in [0, 0.1) is 5.82 Å². The van der Waals surface area contributed by atoms with E-state index in [1.165, 1.54) is 6.07 Å². The van der Waals surface area contributed by atoms with Crippen LogP contribution in [-0.4, -0.2) is 22.5 Å². The first-order chi connectivity index (χ1) is 9.72. The van der Waals surface area contributed by atoms with E-state index < -0.39 is 11.7 Å². The summed E-state index contributed by atoms with van der Waals surface area (Å²) in [6.07, 6.45) is 4.16. The van der Waals surface area contributed by atoms with Crippen LogP contribution in [0.3, 0.4) is 0 Å². The molecule has 1 aromatic carbocycles. The Morgan fingerprint density at radius 1 is 1.20 bits per heavy atom. The number of nitrogens with zero attached hydrogens (tertiary/aromatic N) is 1. The van der Waals surface area contributed by atoms with Gasteiger partial charge in [0.05, 0.1) is 12.5 Å². The molecule has 2 aromatic rings. The van der Waals surface area contributed by atoms with E-state index in [1.807, 2.05) is 12.1 Å². The van der Waals surface area contributed by atoms with Crippen LogP contribution in [0.1, 0.15) is 23.5 Å². The first-order valence-electron chi connectivity index (χ1n) is 6.49. The number of Topliss-reactive ketones (excluding diaryl/α,β-unsaturated/α-hetero) is 1. The summed E-state index contributed by atoms with van der Waals surface area (Å²) in [6.45, 7) is -0.379. The molecule has 0 fully saturated rings. The van der Waals surface area contributed by atoms with Crippen molar-refractivity contribution in [3.63, 3.8) is 0 Å². The standard InChI is InChI=1S/C16H16FNO2/c17-15-4-2-1-3-13(15)14(11-19)16(20)6-5-12-7-9-18-10-8-12/h1-4,7-10,14,19H,5-6,11H2/t14-/m1/s1. The third-order valence-electron chi connectivity index (χ3n) is 3.26. The lowest BCUT2D eigenvalue weighted by Gasteiger charge is -2.14. The summed E-state index contributed by atoms with van der Waals surface area (Å²) in [4.78, 5) is 16.1.